The number of rotatable bonds is 4. The van der Waals surface area contributed by atoms with E-state index in [1.54, 1.807) is 0 Å². The van der Waals surface area contributed by atoms with Gasteiger partial charge in [-0.2, -0.15) is 0 Å². The molecule has 0 aromatic heterocycles. The predicted octanol–water partition coefficient (Wildman–Crippen LogP) is 2.47. The summed E-state index contributed by atoms with van der Waals surface area (Å²) in [5.74, 6) is 0.785. The molecule has 0 N–H and O–H groups in total. The van der Waals surface area contributed by atoms with E-state index in [-0.39, 0.29) is 0 Å². The summed E-state index contributed by atoms with van der Waals surface area (Å²) in [4.78, 5) is 4.45. The maximum Gasteiger partial charge on any atom is 0.0597 e. The third-order valence-corrected chi connectivity index (χ3v) is 2.88. The van der Waals surface area contributed by atoms with Crippen LogP contribution in [0.5, 0.6) is 0 Å². The minimum atomic E-state index is 0.785. The quantitative estimate of drug-likeness (QED) is 0.652. The lowest BCUT2D eigenvalue weighted by molar-refractivity contribution is 0.384. The zero-order chi connectivity index (χ0) is 11.4. The van der Waals surface area contributed by atoms with Gasteiger partial charge in [0.05, 0.1) is 11.4 Å². The SMILES string of the molecule is C=C/C=C(\C(=C)N(C)C)N1CCC(C)C1. The summed E-state index contributed by atoms with van der Waals surface area (Å²) in [5, 5.41) is 0. The molecule has 84 valence electrons. The van der Waals surface area contributed by atoms with Gasteiger partial charge in [0.15, 0.2) is 0 Å². The summed E-state index contributed by atoms with van der Waals surface area (Å²) in [6, 6.07) is 0. The van der Waals surface area contributed by atoms with Crippen LogP contribution in [0.25, 0.3) is 0 Å². The van der Waals surface area contributed by atoms with E-state index in [9.17, 15) is 0 Å². The van der Waals surface area contributed by atoms with Crippen molar-refractivity contribution in [3.63, 3.8) is 0 Å². The first kappa shape index (κ1) is 11.9. The van der Waals surface area contributed by atoms with Crippen LogP contribution < -0.4 is 0 Å². The van der Waals surface area contributed by atoms with Crippen molar-refractivity contribution in [2.45, 2.75) is 13.3 Å². The second-order valence-corrected chi connectivity index (χ2v) is 4.47. The molecule has 0 aromatic rings. The van der Waals surface area contributed by atoms with Crippen LogP contribution in [0, 0.1) is 5.92 Å². The molecule has 1 heterocycles. The molecule has 0 radical (unpaired) electrons. The van der Waals surface area contributed by atoms with Crippen LogP contribution in [0.2, 0.25) is 0 Å². The fourth-order valence-corrected chi connectivity index (χ4v) is 1.88. The van der Waals surface area contributed by atoms with Gasteiger partial charge in [-0.05, 0) is 18.4 Å². The van der Waals surface area contributed by atoms with Gasteiger partial charge in [0.25, 0.3) is 0 Å². The first-order valence-electron chi connectivity index (χ1n) is 5.50. The monoisotopic (exact) mass is 206 g/mol. The smallest absolute Gasteiger partial charge is 0.0597 e. The topological polar surface area (TPSA) is 6.48 Å². The fraction of sp³-hybridized carbons (Fsp3) is 0.538. The molecule has 0 aliphatic carbocycles. The highest BCUT2D eigenvalue weighted by Crippen LogP contribution is 2.24. The third kappa shape index (κ3) is 2.88. The highest BCUT2D eigenvalue weighted by molar-refractivity contribution is 5.29. The van der Waals surface area contributed by atoms with Crippen LogP contribution in [0.1, 0.15) is 13.3 Å². The van der Waals surface area contributed by atoms with E-state index in [2.05, 4.69) is 36.0 Å². The van der Waals surface area contributed by atoms with Gasteiger partial charge in [-0.25, -0.2) is 0 Å². The molecule has 0 aromatic carbocycles. The largest absolute Gasteiger partial charge is 0.376 e. The molecular formula is C13H22N2. The molecule has 15 heavy (non-hydrogen) atoms. The van der Waals surface area contributed by atoms with Crippen LogP contribution in [0.4, 0.5) is 0 Å². The highest BCUT2D eigenvalue weighted by Gasteiger charge is 2.22. The molecule has 1 fully saturated rings. The van der Waals surface area contributed by atoms with Gasteiger partial charge in [-0.1, -0.05) is 26.2 Å². The molecule has 0 bridgehead atoms. The summed E-state index contributed by atoms with van der Waals surface area (Å²) in [6.45, 7) is 12.4. The van der Waals surface area contributed by atoms with Gasteiger partial charge < -0.3 is 9.80 Å². The number of hydrogen-bond donors (Lipinski definition) is 0. The molecule has 0 amide bonds. The lowest BCUT2D eigenvalue weighted by Gasteiger charge is -2.27. The van der Waals surface area contributed by atoms with Crippen molar-refractivity contribution in [1.29, 1.82) is 0 Å². The Labute approximate surface area is 93.6 Å². The van der Waals surface area contributed by atoms with E-state index in [0.29, 0.717) is 0 Å². The summed E-state index contributed by atoms with van der Waals surface area (Å²) in [5.41, 5.74) is 2.27. The van der Waals surface area contributed by atoms with E-state index in [1.165, 1.54) is 12.1 Å². The van der Waals surface area contributed by atoms with Crippen LogP contribution in [0.3, 0.4) is 0 Å². The predicted molar refractivity (Wildman–Crippen MR) is 66.5 cm³/mol. The lowest BCUT2D eigenvalue weighted by Crippen LogP contribution is -2.25. The van der Waals surface area contributed by atoms with Crippen LogP contribution in [0.15, 0.2) is 36.7 Å². The van der Waals surface area contributed by atoms with Gasteiger partial charge in [-0.15, -0.1) is 0 Å². The number of allylic oxidation sites excluding steroid dienone is 2. The van der Waals surface area contributed by atoms with E-state index >= 15 is 0 Å². The molecular weight excluding hydrogens is 184 g/mol. The van der Waals surface area contributed by atoms with Gasteiger partial charge in [-0.3, -0.25) is 0 Å². The fourth-order valence-electron chi connectivity index (χ4n) is 1.88. The molecule has 0 spiro atoms. The number of nitrogens with zero attached hydrogens (tertiary/aromatic N) is 2. The van der Waals surface area contributed by atoms with E-state index in [1.807, 2.05) is 20.2 Å². The second-order valence-electron chi connectivity index (χ2n) is 4.47. The normalized spacial score (nSPS) is 21.7. The lowest BCUT2D eigenvalue weighted by atomic mass is 10.2. The van der Waals surface area contributed by atoms with E-state index < -0.39 is 0 Å². The maximum atomic E-state index is 4.11. The van der Waals surface area contributed by atoms with Crippen LogP contribution in [-0.4, -0.2) is 37.0 Å². The first-order valence-corrected chi connectivity index (χ1v) is 5.50. The average Bonchev–Trinajstić information content (AvgIpc) is 2.60. The number of likely N-dealkylation sites (N-methyl/N-ethyl adjacent to an activating group) is 1. The Hall–Kier alpha value is -1.18. The van der Waals surface area contributed by atoms with Gasteiger partial charge >= 0.3 is 0 Å². The first-order chi connectivity index (χ1) is 7.06. The molecule has 1 aliphatic rings. The van der Waals surface area contributed by atoms with Crippen molar-refractivity contribution in [2.24, 2.45) is 5.92 Å². The second kappa shape index (κ2) is 5.06. The molecule has 0 saturated carbocycles. The van der Waals surface area contributed by atoms with Crippen molar-refractivity contribution >= 4 is 0 Å². The Kier molecular flexibility index (Phi) is 4.01. The number of likely N-dealkylation sites (tertiary alicyclic amines) is 1. The Morgan fingerprint density at radius 3 is 2.53 bits per heavy atom. The summed E-state index contributed by atoms with van der Waals surface area (Å²) in [7, 11) is 4.05. The molecule has 2 heteroatoms. The Morgan fingerprint density at radius 1 is 1.47 bits per heavy atom. The van der Waals surface area contributed by atoms with Crippen molar-refractivity contribution in [3.05, 3.63) is 36.7 Å². The number of hydrogen-bond acceptors (Lipinski definition) is 2. The zero-order valence-electron chi connectivity index (χ0n) is 10.2. The van der Waals surface area contributed by atoms with Crippen molar-refractivity contribution < 1.29 is 0 Å². The zero-order valence-corrected chi connectivity index (χ0v) is 10.2. The third-order valence-electron chi connectivity index (χ3n) is 2.88. The average molecular weight is 206 g/mol. The van der Waals surface area contributed by atoms with Crippen molar-refractivity contribution in [3.8, 4) is 0 Å². The van der Waals surface area contributed by atoms with Crippen molar-refractivity contribution in [2.75, 3.05) is 27.2 Å². The van der Waals surface area contributed by atoms with Gasteiger partial charge in [0.2, 0.25) is 0 Å². The van der Waals surface area contributed by atoms with Gasteiger partial charge in [0, 0.05) is 27.2 Å². The molecule has 1 atom stereocenters. The summed E-state index contributed by atoms with van der Waals surface area (Å²) >= 11 is 0. The Bertz CT molecular complexity index is 276. The van der Waals surface area contributed by atoms with Crippen molar-refractivity contribution in [1.82, 2.24) is 9.80 Å². The molecule has 1 saturated heterocycles. The standard InChI is InChI=1S/C13H22N2/c1-6-7-13(12(3)14(4)5)15-9-8-11(2)10-15/h6-7,11H,1,3,8-10H2,2,4-5H3/b13-7+. The minimum absolute atomic E-state index is 0.785. The molecule has 1 aliphatic heterocycles. The molecule has 2 nitrogen and oxygen atoms in total. The van der Waals surface area contributed by atoms with Crippen LogP contribution in [-0.2, 0) is 0 Å². The Balaban J connectivity index is 2.79. The molecule has 1 rings (SSSR count). The molecule has 1 unspecified atom stereocenters. The van der Waals surface area contributed by atoms with E-state index in [4.69, 9.17) is 0 Å². The summed E-state index contributed by atoms with van der Waals surface area (Å²) < 4.78 is 0. The van der Waals surface area contributed by atoms with E-state index in [0.717, 1.165) is 24.7 Å². The summed E-state index contributed by atoms with van der Waals surface area (Å²) in [6.07, 6.45) is 5.17. The maximum absolute atomic E-state index is 4.11. The Morgan fingerprint density at radius 2 is 2.13 bits per heavy atom. The highest BCUT2D eigenvalue weighted by atomic mass is 15.2. The minimum Gasteiger partial charge on any atom is -0.376 e. The van der Waals surface area contributed by atoms with Gasteiger partial charge in [0.1, 0.15) is 0 Å². The van der Waals surface area contributed by atoms with Crippen LogP contribution >= 0.6 is 0 Å².